The second kappa shape index (κ2) is 5.53. The summed E-state index contributed by atoms with van der Waals surface area (Å²) in [7, 11) is 0. The summed E-state index contributed by atoms with van der Waals surface area (Å²) in [6, 6.07) is 8.47. The highest BCUT2D eigenvalue weighted by Gasteiger charge is 2.12. The number of nitrogens with one attached hydrogen (secondary N) is 1. The number of aryl methyl sites for hydroxylation is 3. The van der Waals surface area contributed by atoms with Crippen LogP contribution in [0.25, 0.3) is 10.9 Å². The first-order chi connectivity index (χ1) is 10.5. The minimum atomic E-state index is 0.894. The Labute approximate surface area is 132 Å². The fourth-order valence-electron chi connectivity index (χ4n) is 3.09. The summed E-state index contributed by atoms with van der Waals surface area (Å²) in [5, 5.41) is 1.22. The van der Waals surface area contributed by atoms with Gasteiger partial charge >= 0.3 is 0 Å². The monoisotopic (exact) mass is 293 g/mol. The molecule has 0 aliphatic heterocycles. The third kappa shape index (κ3) is 2.39. The van der Waals surface area contributed by atoms with E-state index >= 15 is 0 Å². The van der Waals surface area contributed by atoms with E-state index < -0.39 is 0 Å². The van der Waals surface area contributed by atoms with Gasteiger partial charge in [-0.3, -0.25) is 0 Å². The number of rotatable bonds is 3. The van der Waals surface area contributed by atoms with E-state index in [4.69, 9.17) is 4.74 Å². The molecule has 2 nitrogen and oxygen atoms in total. The summed E-state index contributed by atoms with van der Waals surface area (Å²) in [5.74, 6) is 1.88. The molecule has 3 rings (SSSR count). The van der Waals surface area contributed by atoms with Gasteiger partial charge in [0, 0.05) is 17.1 Å². The molecule has 1 heterocycles. The molecule has 2 heteroatoms. The van der Waals surface area contributed by atoms with Gasteiger partial charge in [0.25, 0.3) is 0 Å². The lowest BCUT2D eigenvalue weighted by molar-refractivity contribution is 0.475. The van der Waals surface area contributed by atoms with Gasteiger partial charge in [-0.1, -0.05) is 13.0 Å². The van der Waals surface area contributed by atoms with Gasteiger partial charge in [-0.2, -0.15) is 0 Å². The molecule has 0 aliphatic carbocycles. The van der Waals surface area contributed by atoms with Gasteiger partial charge < -0.3 is 9.72 Å². The predicted octanol–water partition coefficient (Wildman–Crippen LogP) is 5.76. The molecule has 22 heavy (non-hydrogen) atoms. The van der Waals surface area contributed by atoms with Gasteiger partial charge in [-0.25, -0.2) is 0 Å². The molecule has 0 unspecified atom stereocenters. The molecule has 0 bridgehead atoms. The van der Waals surface area contributed by atoms with E-state index in [9.17, 15) is 0 Å². The number of hydrogen-bond donors (Lipinski definition) is 1. The van der Waals surface area contributed by atoms with Gasteiger partial charge in [0.1, 0.15) is 11.5 Å². The Morgan fingerprint density at radius 3 is 2.45 bits per heavy atom. The van der Waals surface area contributed by atoms with Crippen LogP contribution in [0.1, 0.15) is 34.7 Å². The first kappa shape index (κ1) is 14.7. The predicted molar refractivity (Wildman–Crippen MR) is 93.1 cm³/mol. The van der Waals surface area contributed by atoms with E-state index in [1.54, 1.807) is 0 Å². The van der Waals surface area contributed by atoms with Crippen LogP contribution in [0.15, 0.2) is 30.5 Å². The highest BCUT2D eigenvalue weighted by atomic mass is 16.5. The quantitative estimate of drug-likeness (QED) is 0.653. The highest BCUT2D eigenvalue weighted by molar-refractivity contribution is 5.84. The molecule has 0 spiro atoms. The lowest BCUT2D eigenvalue weighted by Gasteiger charge is -2.17. The Morgan fingerprint density at radius 1 is 0.955 bits per heavy atom. The molecule has 0 saturated heterocycles. The maximum atomic E-state index is 6.24. The van der Waals surface area contributed by atoms with Crippen molar-refractivity contribution in [2.24, 2.45) is 0 Å². The zero-order valence-electron chi connectivity index (χ0n) is 14.0. The minimum Gasteiger partial charge on any atom is -0.457 e. The number of ether oxygens (including phenoxy) is 1. The maximum Gasteiger partial charge on any atom is 0.133 e. The summed E-state index contributed by atoms with van der Waals surface area (Å²) in [6.07, 6.45) is 3.09. The standard InChI is InChI=1S/C20H23NO/c1-6-16-9-12(2)20(15(5)14(16)4)22-17-7-8-19-18(10-17)13(3)11-21-19/h7-11,21H,6H2,1-5H3. The van der Waals surface area contributed by atoms with Crippen LogP contribution in [0.2, 0.25) is 0 Å². The molecule has 3 aromatic rings. The molecule has 114 valence electrons. The third-order valence-corrected chi connectivity index (χ3v) is 4.59. The van der Waals surface area contributed by atoms with Crippen LogP contribution in [0.5, 0.6) is 11.5 Å². The van der Waals surface area contributed by atoms with Gasteiger partial charge in [-0.05, 0) is 80.1 Å². The van der Waals surface area contributed by atoms with Gasteiger partial charge in [0.05, 0.1) is 0 Å². The molecular formula is C20H23NO. The van der Waals surface area contributed by atoms with Crippen LogP contribution >= 0.6 is 0 Å². The van der Waals surface area contributed by atoms with Crippen LogP contribution in [0.3, 0.4) is 0 Å². The Bertz CT molecular complexity index is 843. The van der Waals surface area contributed by atoms with Gasteiger partial charge in [-0.15, -0.1) is 0 Å². The summed E-state index contributed by atoms with van der Waals surface area (Å²) in [6.45, 7) is 10.8. The molecule has 0 atom stereocenters. The summed E-state index contributed by atoms with van der Waals surface area (Å²) < 4.78 is 6.24. The van der Waals surface area contributed by atoms with E-state index in [1.807, 2.05) is 12.3 Å². The Kier molecular flexibility index (Phi) is 3.69. The molecule has 0 saturated carbocycles. The van der Waals surface area contributed by atoms with E-state index in [0.29, 0.717) is 0 Å². The molecular weight excluding hydrogens is 270 g/mol. The molecule has 0 fully saturated rings. The first-order valence-electron chi connectivity index (χ1n) is 7.86. The van der Waals surface area contributed by atoms with Gasteiger partial charge in [0.15, 0.2) is 0 Å². The summed E-state index contributed by atoms with van der Waals surface area (Å²) in [5.41, 5.74) is 7.57. The van der Waals surface area contributed by atoms with E-state index in [-0.39, 0.29) is 0 Å². The van der Waals surface area contributed by atoms with Gasteiger partial charge in [0.2, 0.25) is 0 Å². The fourth-order valence-corrected chi connectivity index (χ4v) is 3.09. The third-order valence-electron chi connectivity index (χ3n) is 4.59. The second-order valence-corrected chi connectivity index (χ2v) is 6.07. The average Bonchev–Trinajstić information content (AvgIpc) is 2.88. The average molecular weight is 293 g/mol. The van der Waals surface area contributed by atoms with Crippen molar-refractivity contribution in [3.8, 4) is 11.5 Å². The minimum absolute atomic E-state index is 0.894. The largest absolute Gasteiger partial charge is 0.457 e. The molecule has 1 N–H and O–H groups in total. The van der Waals surface area contributed by atoms with Crippen LogP contribution in [-0.2, 0) is 6.42 Å². The van der Waals surface area contributed by atoms with Crippen LogP contribution < -0.4 is 4.74 Å². The van der Waals surface area contributed by atoms with Crippen molar-refractivity contribution < 1.29 is 4.74 Å². The molecule has 0 amide bonds. The maximum absolute atomic E-state index is 6.24. The number of H-pyrrole nitrogens is 1. The Balaban J connectivity index is 2.04. The van der Waals surface area contributed by atoms with Crippen LogP contribution in [-0.4, -0.2) is 4.98 Å². The van der Waals surface area contributed by atoms with Crippen molar-refractivity contribution >= 4 is 10.9 Å². The van der Waals surface area contributed by atoms with Crippen molar-refractivity contribution in [3.63, 3.8) is 0 Å². The van der Waals surface area contributed by atoms with Crippen molar-refractivity contribution in [1.82, 2.24) is 4.98 Å². The number of benzene rings is 2. The van der Waals surface area contributed by atoms with E-state index in [1.165, 1.54) is 33.2 Å². The SMILES string of the molecule is CCc1cc(C)c(Oc2ccc3[nH]cc(C)c3c2)c(C)c1C. The zero-order chi connectivity index (χ0) is 15.9. The zero-order valence-corrected chi connectivity index (χ0v) is 14.0. The van der Waals surface area contributed by atoms with E-state index in [2.05, 4.69) is 57.8 Å². The van der Waals surface area contributed by atoms with Crippen molar-refractivity contribution in [3.05, 3.63) is 58.3 Å². The lowest BCUT2D eigenvalue weighted by atomic mass is 9.97. The Morgan fingerprint density at radius 2 is 1.73 bits per heavy atom. The molecule has 0 aliphatic rings. The number of hydrogen-bond acceptors (Lipinski definition) is 1. The topological polar surface area (TPSA) is 25.0 Å². The van der Waals surface area contributed by atoms with Crippen molar-refractivity contribution in [1.29, 1.82) is 0 Å². The number of fused-ring (bicyclic) bond motifs is 1. The van der Waals surface area contributed by atoms with Crippen LogP contribution in [0.4, 0.5) is 0 Å². The summed E-state index contributed by atoms with van der Waals surface area (Å²) >= 11 is 0. The van der Waals surface area contributed by atoms with E-state index in [0.717, 1.165) is 23.4 Å². The number of aromatic nitrogens is 1. The molecule has 2 aromatic carbocycles. The van der Waals surface area contributed by atoms with Crippen LogP contribution in [0, 0.1) is 27.7 Å². The Hall–Kier alpha value is -2.22. The summed E-state index contributed by atoms with van der Waals surface area (Å²) in [4.78, 5) is 3.27. The molecule has 1 aromatic heterocycles. The first-order valence-corrected chi connectivity index (χ1v) is 7.86. The van der Waals surface area contributed by atoms with Crippen molar-refractivity contribution in [2.45, 2.75) is 41.0 Å². The van der Waals surface area contributed by atoms with Crippen molar-refractivity contribution in [2.75, 3.05) is 0 Å². The highest BCUT2D eigenvalue weighted by Crippen LogP contribution is 2.34. The molecule has 0 radical (unpaired) electrons. The number of aromatic amines is 1. The lowest BCUT2D eigenvalue weighted by Crippen LogP contribution is -1.98. The normalized spacial score (nSPS) is 11.1. The second-order valence-electron chi connectivity index (χ2n) is 6.07. The smallest absolute Gasteiger partial charge is 0.133 e. The fraction of sp³-hybridized carbons (Fsp3) is 0.300.